The minimum absolute atomic E-state index is 0.0665. The van der Waals surface area contributed by atoms with Crippen LogP contribution in [0.5, 0.6) is 0 Å². The zero-order valence-corrected chi connectivity index (χ0v) is 11.3. The molecule has 2 aromatic heterocycles. The van der Waals surface area contributed by atoms with E-state index >= 15 is 0 Å². The molecule has 0 unspecified atom stereocenters. The average molecular weight is 259 g/mol. The maximum Gasteiger partial charge on any atom is 0.148 e. The molecular formula is C13H17N5O. The van der Waals surface area contributed by atoms with Crippen LogP contribution in [0.1, 0.15) is 12.7 Å². The van der Waals surface area contributed by atoms with Gasteiger partial charge in [-0.2, -0.15) is 0 Å². The summed E-state index contributed by atoms with van der Waals surface area (Å²) in [7, 11) is 1.93. The normalized spacial score (nSPS) is 10.3. The van der Waals surface area contributed by atoms with Crippen molar-refractivity contribution >= 4 is 23.1 Å². The monoisotopic (exact) mass is 259 g/mol. The Balaban J connectivity index is 2.23. The van der Waals surface area contributed by atoms with Gasteiger partial charge in [0.15, 0.2) is 0 Å². The smallest absolute Gasteiger partial charge is 0.148 e. The fraction of sp³-hybridized carbons (Fsp3) is 0.308. The molecule has 2 rings (SSSR count). The molecule has 2 aromatic rings. The maximum absolute atomic E-state index is 11.0. The summed E-state index contributed by atoms with van der Waals surface area (Å²) in [4.78, 5) is 24.6. The number of H-pyrrole nitrogens is 1. The molecule has 0 amide bonds. The SMILES string of the molecule is CC(=O)CNc1cc(N(C)c2cc[nH]c2)nc(C)n1. The van der Waals surface area contributed by atoms with Crippen LogP contribution in [0.15, 0.2) is 24.5 Å². The predicted octanol–water partition coefficient (Wildman–Crippen LogP) is 1.88. The first-order chi connectivity index (χ1) is 9.06. The van der Waals surface area contributed by atoms with E-state index in [0.717, 1.165) is 11.5 Å². The first-order valence-corrected chi connectivity index (χ1v) is 6.02. The molecule has 0 saturated heterocycles. The number of Topliss-reactive ketones (excluding diaryl/α,β-unsaturated/α-hetero) is 1. The zero-order chi connectivity index (χ0) is 13.8. The molecule has 0 spiro atoms. The molecule has 19 heavy (non-hydrogen) atoms. The molecular weight excluding hydrogens is 242 g/mol. The van der Waals surface area contributed by atoms with E-state index in [1.165, 1.54) is 6.92 Å². The molecule has 2 N–H and O–H groups in total. The Morgan fingerprint density at radius 3 is 2.89 bits per heavy atom. The Morgan fingerprint density at radius 2 is 2.26 bits per heavy atom. The largest absolute Gasteiger partial charge is 0.366 e. The minimum Gasteiger partial charge on any atom is -0.366 e. The van der Waals surface area contributed by atoms with Crippen molar-refractivity contribution in [2.45, 2.75) is 13.8 Å². The molecule has 0 fully saturated rings. The van der Waals surface area contributed by atoms with Crippen molar-refractivity contribution < 1.29 is 4.79 Å². The van der Waals surface area contributed by atoms with Crippen molar-refractivity contribution in [1.29, 1.82) is 0 Å². The molecule has 6 heteroatoms. The van der Waals surface area contributed by atoms with Crippen LogP contribution in [0.2, 0.25) is 0 Å². The van der Waals surface area contributed by atoms with Gasteiger partial charge in [-0.05, 0) is 19.9 Å². The highest BCUT2D eigenvalue weighted by atomic mass is 16.1. The number of anilines is 3. The van der Waals surface area contributed by atoms with Crippen LogP contribution in [0.3, 0.4) is 0 Å². The molecule has 0 aliphatic rings. The lowest BCUT2D eigenvalue weighted by atomic mass is 10.4. The van der Waals surface area contributed by atoms with E-state index in [9.17, 15) is 4.79 Å². The summed E-state index contributed by atoms with van der Waals surface area (Å²) >= 11 is 0. The number of aryl methyl sites for hydroxylation is 1. The van der Waals surface area contributed by atoms with Gasteiger partial charge in [0.05, 0.1) is 12.2 Å². The fourth-order valence-corrected chi connectivity index (χ4v) is 1.69. The summed E-state index contributed by atoms with van der Waals surface area (Å²) in [5, 5.41) is 2.99. The fourth-order valence-electron chi connectivity index (χ4n) is 1.69. The molecule has 0 aliphatic heterocycles. The van der Waals surface area contributed by atoms with Crippen LogP contribution in [-0.4, -0.2) is 34.3 Å². The third kappa shape index (κ3) is 3.31. The van der Waals surface area contributed by atoms with Gasteiger partial charge in [-0.25, -0.2) is 9.97 Å². The number of aromatic nitrogens is 3. The van der Waals surface area contributed by atoms with Gasteiger partial charge in [-0.15, -0.1) is 0 Å². The van der Waals surface area contributed by atoms with Crippen molar-refractivity contribution in [1.82, 2.24) is 15.0 Å². The molecule has 0 atom stereocenters. The summed E-state index contributed by atoms with van der Waals surface area (Å²) in [6.45, 7) is 3.63. The highest BCUT2D eigenvalue weighted by Gasteiger charge is 2.09. The number of aromatic amines is 1. The van der Waals surface area contributed by atoms with Gasteiger partial charge in [-0.1, -0.05) is 0 Å². The van der Waals surface area contributed by atoms with Crippen molar-refractivity contribution in [2.24, 2.45) is 0 Å². The number of hydrogen-bond acceptors (Lipinski definition) is 5. The summed E-state index contributed by atoms with van der Waals surface area (Å²) < 4.78 is 0. The third-order valence-corrected chi connectivity index (χ3v) is 2.66. The van der Waals surface area contributed by atoms with Crippen molar-refractivity contribution in [3.63, 3.8) is 0 Å². The van der Waals surface area contributed by atoms with Crippen LogP contribution in [0.25, 0.3) is 0 Å². The Hall–Kier alpha value is -2.37. The van der Waals surface area contributed by atoms with E-state index in [1.807, 2.05) is 43.4 Å². The lowest BCUT2D eigenvalue weighted by Gasteiger charge is -2.17. The van der Waals surface area contributed by atoms with Crippen LogP contribution in [0, 0.1) is 6.92 Å². The molecule has 0 bridgehead atoms. The average Bonchev–Trinajstić information content (AvgIpc) is 2.88. The van der Waals surface area contributed by atoms with Crippen LogP contribution in [-0.2, 0) is 4.79 Å². The number of ketones is 1. The Morgan fingerprint density at radius 1 is 1.47 bits per heavy atom. The van der Waals surface area contributed by atoms with E-state index in [-0.39, 0.29) is 12.3 Å². The molecule has 100 valence electrons. The number of carbonyl (C=O) groups is 1. The molecule has 0 aliphatic carbocycles. The number of carbonyl (C=O) groups excluding carboxylic acids is 1. The van der Waals surface area contributed by atoms with Gasteiger partial charge >= 0.3 is 0 Å². The van der Waals surface area contributed by atoms with Gasteiger partial charge < -0.3 is 15.2 Å². The van der Waals surface area contributed by atoms with Crippen LogP contribution in [0.4, 0.5) is 17.3 Å². The second-order valence-corrected chi connectivity index (χ2v) is 4.34. The molecule has 0 aromatic carbocycles. The van der Waals surface area contributed by atoms with E-state index in [1.54, 1.807) is 0 Å². The standard InChI is InChI=1S/C13H17N5O/c1-9(19)7-15-12-6-13(17-10(2)16-12)18(3)11-4-5-14-8-11/h4-6,8,14H,7H2,1-3H3,(H,15,16,17). The number of rotatable bonds is 5. The summed E-state index contributed by atoms with van der Waals surface area (Å²) in [6.07, 6.45) is 3.74. The van der Waals surface area contributed by atoms with Crippen molar-refractivity contribution in [3.05, 3.63) is 30.4 Å². The first-order valence-electron chi connectivity index (χ1n) is 6.02. The van der Waals surface area contributed by atoms with E-state index < -0.39 is 0 Å². The molecule has 0 saturated carbocycles. The lowest BCUT2D eigenvalue weighted by molar-refractivity contribution is -0.115. The van der Waals surface area contributed by atoms with Gasteiger partial charge in [0.1, 0.15) is 23.2 Å². The minimum atomic E-state index is 0.0665. The summed E-state index contributed by atoms with van der Waals surface area (Å²) in [5.41, 5.74) is 1.01. The third-order valence-electron chi connectivity index (χ3n) is 2.66. The van der Waals surface area contributed by atoms with E-state index in [0.29, 0.717) is 11.6 Å². The van der Waals surface area contributed by atoms with Gasteiger partial charge in [0.25, 0.3) is 0 Å². The van der Waals surface area contributed by atoms with Crippen molar-refractivity contribution in [2.75, 3.05) is 23.8 Å². The lowest BCUT2D eigenvalue weighted by Crippen LogP contribution is -2.15. The Labute approximate surface area is 111 Å². The van der Waals surface area contributed by atoms with Gasteiger partial charge in [-0.3, -0.25) is 4.79 Å². The number of nitrogens with zero attached hydrogens (tertiary/aromatic N) is 3. The second kappa shape index (κ2) is 5.51. The molecule has 6 nitrogen and oxygen atoms in total. The highest BCUT2D eigenvalue weighted by Crippen LogP contribution is 2.22. The maximum atomic E-state index is 11.0. The van der Waals surface area contributed by atoms with Crippen molar-refractivity contribution in [3.8, 4) is 0 Å². The Bertz CT molecular complexity index is 564. The number of nitrogens with one attached hydrogen (secondary N) is 2. The predicted molar refractivity (Wildman–Crippen MR) is 74.8 cm³/mol. The zero-order valence-electron chi connectivity index (χ0n) is 11.3. The first kappa shape index (κ1) is 13.1. The highest BCUT2D eigenvalue weighted by molar-refractivity contribution is 5.80. The summed E-state index contributed by atoms with van der Waals surface area (Å²) in [6, 6.07) is 3.78. The van der Waals surface area contributed by atoms with Gasteiger partial charge in [0.2, 0.25) is 0 Å². The van der Waals surface area contributed by atoms with E-state index in [2.05, 4.69) is 20.3 Å². The van der Waals surface area contributed by atoms with Gasteiger partial charge in [0, 0.05) is 25.5 Å². The van der Waals surface area contributed by atoms with Crippen LogP contribution < -0.4 is 10.2 Å². The van der Waals surface area contributed by atoms with E-state index in [4.69, 9.17) is 0 Å². The quantitative estimate of drug-likeness (QED) is 0.857. The topological polar surface area (TPSA) is 73.9 Å². The molecule has 0 radical (unpaired) electrons. The number of hydrogen-bond donors (Lipinski definition) is 2. The molecule has 2 heterocycles. The summed E-state index contributed by atoms with van der Waals surface area (Å²) in [5.74, 6) is 2.15. The second-order valence-electron chi connectivity index (χ2n) is 4.34. The van der Waals surface area contributed by atoms with Crippen LogP contribution >= 0.6 is 0 Å². The Kier molecular flexibility index (Phi) is 3.79.